The number of para-hydroxylation sites is 2. The Labute approximate surface area is 157 Å². The lowest BCUT2D eigenvalue weighted by Gasteiger charge is -2.13. The number of nitrogens with one attached hydrogen (secondary N) is 2. The molecule has 1 aliphatic heterocycles. The SMILES string of the molecule is COc1ccccc1CNC(=O)CS[C@@H]1CCc2ccccc2NC1=O. The van der Waals surface area contributed by atoms with Crippen LogP contribution in [0, 0.1) is 0 Å². The zero-order valence-corrected chi connectivity index (χ0v) is 15.5. The predicted molar refractivity (Wildman–Crippen MR) is 104 cm³/mol. The van der Waals surface area contributed by atoms with Crippen LogP contribution in [0.15, 0.2) is 48.5 Å². The number of anilines is 1. The summed E-state index contributed by atoms with van der Waals surface area (Å²) >= 11 is 1.39. The maximum Gasteiger partial charge on any atom is 0.237 e. The van der Waals surface area contributed by atoms with Crippen molar-refractivity contribution in [2.45, 2.75) is 24.6 Å². The van der Waals surface area contributed by atoms with Gasteiger partial charge in [0, 0.05) is 17.8 Å². The molecule has 1 atom stereocenters. The first-order valence-electron chi connectivity index (χ1n) is 8.56. The van der Waals surface area contributed by atoms with E-state index in [9.17, 15) is 9.59 Å². The van der Waals surface area contributed by atoms with Gasteiger partial charge in [0.15, 0.2) is 0 Å². The van der Waals surface area contributed by atoms with E-state index in [-0.39, 0.29) is 22.8 Å². The van der Waals surface area contributed by atoms with Gasteiger partial charge in [0.05, 0.1) is 18.1 Å². The summed E-state index contributed by atoms with van der Waals surface area (Å²) in [6, 6.07) is 15.4. The standard InChI is InChI=1S/C20H22N2O3S/c1-25-17-9-5-3-7-15(17)12-21-19(23)13-26-18-11-10-14-6-2-4-8-16(14)22-20(18)24/h2-9,18H,10-13H2,1H3,(H,21,23)(H,22,24)/t18-/m1/s1. The van der Waals surface area contributed by atoms with Crippen LogP contribution >= 0.6 is 11.8 Å². The van der Waals surface area contributed by atoms with E-state index < -0.39 is 0 Å². The first-order valence-corrected chi connectivity index (χ1v) is 9.61. The second kappa shape index (κ2) is 8.76. The fraction of sp³-hybridized carbons (Fsp3) is 0.300. The number of rotatable bonds is 6. The highest BCUT2D eigenvalue weighted by molar-refractivity contribution is 8.01. The average Bonchev–Trinajstić information content (AvgIpc) is 2.83. The van der Waals surface area contributed by atoms with Gasteiger partial charge in [-0.25, -0.2) is 0 Å². The molecule has 5 nitrogen and oxygen atoms in total. The molecule has 2 N–H and O–H groups in total. The number of fused-ring (bicyclic) bond motifs is 1. The number of amides is 2. The van der Waals surface area contributed by atoms with Crippen molar-refractivity contribution in [1.29, 1.82) is 0 Å². The fourth-order valence-electron chi connectivity index (χ4n) is 2.92. The number of hydrogen-bond donors (Lipinski definition) is 2. The van der Waals surface area contributed by atoms with Crippen LogP contribution in [0.5, 0.6) is 5.75 Å². The van der Waals surface area contributed by atoms with Crippen molar-refractivity contribution in [2.75, 3.05) is 18.2 Å². The second-order valence-electron chi connectivity index (χ2n) is 6.07. The lowest BCUT2D eigenvalue weighted by atomic mass is 10.1. The largest absolute Gasteiger partial charge is 0.496 e. The molecule has 0 saturated heterocycles. The van der Waals surface area contributed by atoms with Crippen LogP contribution in [0.4, 0.5) is 5.69 Å². The lowest BCUT2D eigenvalue weighted by molar-refractivity contribution is -0.118. The fourth-order valence-corrected chi connectivity index (χ4v) is 3.87. The zero-order valence-electron chi connectivity index (χ0n) is 14.7. The van der Waals surface area contributed by atoms with Crippen LogP contribution in [0.1, 0.15) is 17.5 Å². The number of hydrogen-bond acceptors (Lipinski definition) is 4. The van der Waals surface area contributed by atoms with Gasteiger partial charge >= 0.3 is 0 Å². The summed E-state index contributed by atoms with van der Waals surface area (Å²) in [5.74, 6) is 0.887. The number of carbonyl (C=O) groups excluding carboxylic acids is 2. The summed E-state index contributed by atoms with van der Waals surface area (Å²) in [6.07, 6.45) is 1.56. The van der Waals surface area contributed by atoms with Crippen LogP contribution in [0.25, 0.3) is 0 Å². The number of carbonyl (C=O) groups is 2. The number of aryl methyl sites for hydroxylation is 1. The summed E-state index contributed by atoms with van der Waals surface area (Å²) < 4.78 is 5.28. The van der Waals surface area contributed by atoms with Crippen LogP contribution in [-0.4, -0.2) is 29.9 Å². The minimum absolute atomic E-state index is 0.0301. The molecule has 0 radical (unpaired) electrons. The van der Waals surface area contributed by atoms with Gasteiger partial charge in [-0.15, -0.1) is 11.8 Å². The van der Waals surface area contributed by atoms with E-state index in [0.717, 1.165) is 35.4 Å². The van der Waals surface area contributed by atoms with Crippen LogP contribution in [0.3, 0.4) is 0 Å². The van der Waals surface area contributed by atoms with E-state index in [1.165, 1.54) is 11.8 Å². The van der Waals surface area contributed by atoms with Gasteiger partial charge in [-0.05, 0) is 30.5 Å². The third-order valence-corrected chi connectivity index (χ3v) is 5.61. The molecule has 136 valence electrons. The third-order valence-electron chi connectivity index (χ3n) is 4.33. The van der Waals surface area contributed by atoms with E-state index in [2.05, 4.69) is 10.6 Å². The maximum atomic E-state index is 12.4. The third kappa shape index (κ3) is 4.58. The maximum absolute atomic E-state index is 12.4. The Hall–Kier alpha value is -2.47. The van der Waals surface area contributed by atoms with Crippen molar-refractivity contribution in [3.63, 3.8) is 0 Å². The summed E-state index contributed by atoms with van der Waals surface area (Å²) in [5, 5.41) is 5.63. The van der Waals surface area contributed by atoms with Gasteiger partial charge in [-0.3, -0.25) is 9.59 Å². The van der Waals surface area contributed by atoms with Crippen molar-refractivity contribution >= 4 is 29.3 Å². The molecule has 2 amide bonds. The molecular formula is C20H22N2O3S. The van der Waals surface area contributed by atoms with E-state index in [1.807, 2.05) is 48.5 Å². The molecule has 0 aromatic heterocycles. The Bertz CT molecular complexity index is 794. The quantitative estimate of drug-likeness (QED) is 0.820. The molecular weight excluding hydrogens is 348 g/mol. The predicted octanol–water partition coefficient (Wildman–Crippen LogP) is 3.00. The molecule has 0 bridgehead atoms. The first kappa shape index (κ1) is 18.3. The van der Waals surface area contributed by atoms with E-state index in [4.69, 9.17) is 4.74 Å². The summed E-state index contributed by atoms with van der Waals surface area (Å²) in [5.41, 5.74) is 2.95. The van der Waals surface area contributed by atoms with Gasteiger partial charge in [-0.2, -0.15) is 0 Å². The van der Waals surface area contributed by atoms with Crippen LogP contribution in [-0.2, 0) is 22.6 Å². The second-order valence-corrected chi connectivity index (χ2v) is 7.26. The van der Waals surface area contributed by atoms with Gasteiger partial charge < -0.3 is 15.4 Å². The molecule has 3 rings (SSSR count). The number of benzene rings is 2. The molecule has 2 aromatic carbocycles. The minimum Gasteiger partial charge on any atom is -0.496 e. The first-order chi connectivity index (χ1) is 12.7. The van der Waals surface area contributed by atoms with Crippen molar-refractivity contribution in [3.8, 4) is 5.75 Å². The minimum atomic E-state index is -0.223. The van der Waals surface area contributed by atoms with Crippen LogP contribution < -0.4 is 15.4 Å². The summed E-state index contributed by atoms with van der Waals surface area (Å²) in [7, 11) is 1.61. The van der Waals surface area contributed by atoms with Gasteiger partial charge in [-0.1, -0.05) is 36.4 Å². The molecule has 0 spiro atoms. The molecule has 6 heteroatoms. The van der Waals surface area contributed by atoms with Gasteiger partial charge in [0.2, 0.25) is 11.8 Å². The molecule has 0 saturated carbocycles. The van der Waals surface area contributed by atoms with Gasteiger partial charge in [0.1, 0.15) is 5.75 Å². The Kier molecular flexibility index (Phi) is 6.17. The van der Waals surface area contributed by atoms with Crippen molar-refractivity contribution in [2.24, 2.45) is 0 Å². The molecule has 0 unspecified atom stereocenters. The monoisotopic (exact) mass is 370 g/mol. The smallest absolute Gasteiger partial charge is 0.237 e. The van der Waals surface area contributed by atoms with Crippen molar-refractivity contribution in [3.05, 3.63) is 59.7 Å². The summed E-state index contributed by atoms with van der Waals surface area (Å²) in [6.45, 7) is 0.408. The zero-order chi connectivity index (χ0) is 18.4. The molecule has 2 aromatic rings. The lowest BCUT2D eigenvalue weighted by Crippen LogP contribution is -2.29. The molecule has 0 fully saturated rings. The van der Waals surface area contributed by atoms with Crippen LogP contribution in [0.2, 0.25) is 0 Å². The molecule has 1 aliphatic rings. The van der Waals surface area contributed by atoms with E-state index in [1.54, 1.807) is 7.11 Å². The Balaban J connectivity index is 1.49. The van der Waals surface area contributed by atoms with Gasteiger partial charge in [0.25, 0.3) is 0 Å². The average molecular weight is 370 g/mol. The Morgan fingerprint density at radius 2 is 2.00 bits per heavy atom. The highest BCUT2D eigenvalue weighted by atomic mass is 32.2. The van der Waals surface area contributed by atoms with Crippen molar-refractivity contribution < 1.29 is 14.3 Å². The molecule has 0 aliphatic carbocycles. The highest BCUT2D eigenvalue weighted by Crippen LogP contribution is 2.27. The normalized spacial score (nSPS) is 16.2. The summed E-state index contributed by atoms with van der Waals surface area (Å²) in [4.78, 5) is 24.5. The number of thioether (sulfide) groups is 1. The molecule has 1 heterocycles. The molecule has 26 heavy (non-hydrogen) atoms. The van der Waals surface area contributed by atoms with E-state index in [0.29, 0.717) is 6.54 Å². The van der Waals surface area contributed by atoms with Crippen molar-refractivity contribution in [1.82, 2.24) is 5.32 Å². The highest BCUT2D eigenvalue weighted by Gasteiger charge is 2.24. The Morgan fingerprint density at radius 3 is 2.85 bits per heavy atom. The Morgan fingerprint density at radius 1 is 1.23 bits per heavy atom. The number of methoxy groups -OCH3 is 1. The number of ether oxygens (including phenoxy) is 1. The van der Waals surface area contributed by atoms with E-state index >= 15 is 0 Å². The topological polar surface area (TPSA) is 67.4 Å².